The van der Waals surface area contributed by atoms with Crippen LogP contribution in [0.1, 0.15) is 37.7 Å². The molecule has 1 aromatic heterocycles. The number of nitrogens with two attached hydrogens (primary N) is 2. The van der Waals surface area contributed by atoms with Crippen molar-refractivity contribution >= 4 is 17.8 Å². The summed E-state index contributed by atoms with van der Waals surface area (Å²) < 4.78 is 1.46. The first-order valence-corrected chi connectivity index (χ1v) is 14.1. The van der Waals surface area contributed by atoms with Gasteiger partial charge in [-0.15, -0.1) is 0 Å². The van der Waals surface area contributed by atoms with Crippen molar-refractivity contribution < 1.29 is 9.59 Å². The van der Waals surface area contributed by atoms with Crippen molar-refractivity contribution in [3.8, 4) is 5.69 Å². The van der Waals surface area contributed by atoms with Crippen LogP contribution in [-0.2, 0) is 11.2 Å². The van der Waals surface area contributed by atoms with Crippen molar-refractivity contribution in [1.82, 2.24) is 24.3 Å². The van der Waals surface area contributed by atoms with Crippen molar-refractivity contribution in [2.45, 2.75) is 50.6 Å². The first-order valence-electron chi connectivity index (χ1n) is 14.1. The first kappa shape index (κ1) is 27.3. The van der Waals surface area contributed by atoms with E-state index < -0.39 is 5.69 Å². The molecule has 3 fully saturated rings. The Kier molecular flexibility index (Phi) is 8.59. The lowest BCUT2D eigenvalue weighted by Gasteiger charge is -2.39. The van der Waals surface area contributed by atoms with E-state index >= 15 is 0 Å². The minimum absolute atomic E-state index is 0.0244. The largest absolute Gasteiger partial charge is 0.354 e. The van der Waals surface area contributed by atoms with Gasteiger partial charge in [0.2, 0.25) is 5.91 Å². The van der Waals surface area contributed by atoms with Crippen LogP contribution in [0, 0.1) is 5.92 Å². The summed E-state index contributed by atoms with van der Waals surface area (Å²) in [6, 6.07) is 9.69. The van der Waals surface area contributed by atoms with Crippen molar-refractivity contribution in [3.63, 3.8) is 0 Å². The SMILES string of the molecule is NC1CCCN(CCc2ccc(-n3ccc(NC(=O)N4CCN(C(=O)[C@H]5C[C@@H](N)C5)CC4)nc3=O)cc2)CC1. The number of hydrogen-bond donors (Lipinski definition) is 3. The molecule has 0 bridgehead atoms. The van der Waals surface area contributed by atoms with Crippen molar-refractivity contribution in [1.29, 1.82) is 0 Å². The lowest BCUT2D eigenvalue weighted by atomic mass is 9.80. The molecule has 2 aromatic rings. The number of nitrogens with zero attached hydrogens (tertiary/aromatic N) is 5. The third-order valence-corrected chi connectivity index (χ3v) is 8.24. The second-order valence-corrected chi connectivity index (χ2v) is 11.1. The van der Waals surface area contributed by atoms with Crippen LogP contribution in [0.3, 0.4) is 0 Å². The van der Waals surface area contributed by atoms with E-state index in [9.17, 15) is 14.4 Å². The molecule has 3 aliphatic rings. The molecule has 1 unspecified atom stereocenters. The van der Waals surface area contributed by atoms with Crippen LogP contribution in [0.4, 0.5) is 10.6 Å². The quantitative estimate of drug-likeness (QED) is 0.500. The number of rotatable bonds is 6. The van der Waals surface area contributed by atoms with Crippen molar-refractivity contribution in [2.24, 2.45) is 17.4 Å². The first-order chi connectivity index (χ1) is 18.9. The zero-order chi connectivity index (χ0) is 27.4. The van der Waals surface area contributed by atoms with Gasteiger partial charge < -0.3 is 26.2 Å². The Balaban J connectivity index is 1.11. The Hall–Kier alpha value is -3.28. The summed E-state index contributed by atoms with van der Waals surface area (Å²) in [6.07, 6.45) is 7.38. The van der Waals surface area contributed by atoms with Crippen molar-refractivity contribution in [3.05, 3.63) is 52.6 Å². The van der Waals surface area contributed by atoms with Gasteiger partial charge in [-0.05, 0) is 75.4 Å². The molecule has 3 amide bonds. The van der Waals surface area contributed by atoms with Gasteiger partial charge in [-0.1, -0.05) is 12.1 Å². The third kappa shape index (κ3) is 6.84. The topological polar surface area (TPSA) is 143 Å². The Labute approximate surface area is 229 Å². The molecule has 1 atom stereocenters. The molecule has 11 nitrogen and oxygen atoms in total. The van der Waals surface area contributed by atoms with E-state index in [0.29, 0.717) is 32.2 Å². The molecular formula is C28H40N8O3. The molecule has 11 heteroatoms. The minimum Gasteiger partial charge on any atom is -0.339 e. The molecule has 1 saturated carbocycles. The number of benzene rings is 1. The van der Waals surface area contributed by atoms with E-state index in [4.69, 9.17) is 11.5 Å². The Bertz CT molecular complexity index is 1200. The Morgan fingerprint density at radius 3 is 2.31 bits per heavy atom. The molecule has 39 heavy (non-hydrogen) atoms. The van der Waals surface area contributed by atoms with Crippen LogP contribution >= 0.6 is 0 Å². The van der Waals surface area contributed by atoms with Crippen LogP contribution in [0.15, 0.2) is 41.3 Å². The van der Waals surface area contributed by atoms with Gasteiger partial charge in [0.15, 0.2) is 0 Å². The highest BCUT2D eigenvalue weighted by Gasteiger charge is 2.36. The van der Waals surface area contributed by atoms with Crippen molar-refractivity contribution in [2.75, 3.05) is 51.1 Å². The van der Waals surface area contributed by atoms with E-state index in [0.717, 1.165) is 63.8 Å². The number of carbonyl (C=O) groups is 2. The van der Waals surface area contributed by atoms with E-state index in [2.05, 4.69) is 15.2 Å². The molecule has 1 aliphatic carbocycles. The lowest BCUT2D eigenvalue weighted by molar-refractivity contribution is -0.140. The molecule has 5 rings (SSSR count). The number of likely N-dealkylation sites (tertiary alicyclic amines) is 1. The summed E-state index contributed by atoms with van der Waals surface area (Å²) in [6.45, 7) is 5.01. The van der Waals surface area contributed by atoms with Gasteiger partial charge in [-0.25, -0.2) is 9.59 Å². The highest BCUT2D eigenvalue weighted by molar-refractivity contribution is 5.88. The lowest BCUT2D eigenvalue weighted by Crippen LogP contribution is -2.55. The van der Waals surface area contributed by atoms with Crippen LogP contribution in [0.5, 0.6) is 0 Å². The van der Waals surface area contributed by atoms with Crippen LogP contribution < -0.4 is 22.5 Å². The standard InChI is InChI=1S/C28H40N8O3/c29-22-2-1-10-33(12-8-22)11-7-20-3-5-24(6-4-20)36-13-9-25(32-28(36)39)31-27(38)35-16-14-34(15-17-35)26(37)21-18-23(30)19-21/h3-6,9,13,21-23H,1-2,7-8,10-12,14-19,29-30H2,(H,31,32,38,39)/t21-,22?,23+. The summed E-state index contributed by atoms with van der Waals surface area (Å²) in [7, 11) is 0. The fourth-order valence-corrected chi connectivity index (χ4v) is 5.63. The molecule has 2 aliphatic heterocycles. The van der Waals surface area contributed by atoms with Gasteiger partial charge in [0.1, 0.15) is 5.82 Å². The van der Waals surface area contributed by atoms with E-state index in [1.165, 1.54) is 10.1 Å². The molecule has 0 spiro atoms. The average Bonchev–Trinajstić information content (AvgIpc) is 3.14. The molecular weight excluding hydrogens is 496 g/mol. The fourth-order valence-electron chi connectivity index (χ4n) is 5.63. The monoisotopic (exact) mass is 536 g/mol. The maximum absolute atomic E-state index is 12.7. The van der Waals surface area contributed by atoms with Gasteiger partial charge in [-0.3, -0.25) is 14.7 Å². The Morgan fingerprint density at radius 1 is 0.897 bits per heavy atom. The molecule has 2 saturated heterocycles. The number of carbonyl (C=O) groups excluding carboxylic acids is 2. The molecule has 5 N–H and O–H groups in total. The highest BCUT2D eigenvalue weighted by atomic mass is 16.2. The van der Waals surface area contributed by atoms with Gasteiger partial charge in [-0.2, -0.15) is 4.98 Å². The van der Waals surface area contributed by atoms with Crippen LogP contribution in [0.25, 0.3) is 5.69 Å². The predicted octanol–water partition coefficient (Wildman–Crippen LogP) is 1.00. The average molecular weight is 537 g/mol. The second kappa shape index (κ2) is 12.3. The smallest absolute Gasteiger partial charge is 0.339 e. The summed E-state index contributed by atoms with van der Waals surface area (Å²) in [5, 5.41) is 2.72. The second-order valence-electron chi connectivity index (χ2n) is 11.1. The molecule has 210 valence electrons. The van der Waals surface area contributed by atoms with Gasteiger partial charge in [0.05, 0.1) is 5.69 Å². The number of aromatic nitrogens is 2. The van der Waals surface area contributed by atoms with Gasteiger partial charge >= 0.3 is 11.7 Å². The fraction of sp³-hybridized carbons (Fsp3) is 0.571. The number of nitrogens with one attached hydrogen (secondary N) is 1. The summed E-state index contributed by atoms with van der Waals surface area (Å²) in [5.74, 6) is 0.367. The predicted molar refractivity (Wildman–Crippen MR) is 150 cm³/mol. The van der Waals surface area contributed by atoms with E-state index in [1.807, 2.05) is 29.2 Å². The molecule has 0 radical (unpaired) electrons. The zero-order valence-corrected chi connectivity index (χ0v) is 22.5. The number of hydrogen-bond acceptors (Lipinski definition) is 7. The zero-order valence-electron chi connectivity index (χ0n) is 22.5. The van der Waals surface area contributed by atoms with E-state index in [1.54, 1.807) is 17.2 Å². The summed E-state index contributed by atoms with van der Waals surface area (Å²) in [5.41, 5.74) is 13.4. The number of anilines is 1. The molecule has 3 heterocycles. The summed E-state index contributed by atoms with van der Waals surface area (Å²) >= 11 is 0. The normalized spacial score (nSPS) is 24.1. The van der Waals surface area contributed by atoms with Gasteiger partial charge in [0.25, 0.3) is 0 Å². The Morgan fingerprint density at radius 2 is 1.62 bits per heavy atom. The highest BCUT2D eigenvalue weighted by Crippen LogP contribution is 2.28. The number of urea groups is 1. The number of amides is 3. The minimum atomic E-state index is -0.462. The summed E-state index contributed by atoms with van der Waals surface area (Å²) in [4.78, 5) is 48.0. The maximum atomic E-state index is 12.7. The maximum Gasteiger partial charge on any atom is 0.354 e. The van der Waals surface area contributed by atoms with Gasteiger partial charge in [0, 0.05) is 56.9 Å². The van der Waals surface area contributed by atoms with Crippen LogP contribution in [-0.4, -0.2) is 94.1 Å². The van der Waals surface area contributed by atoms with Crippen LogP contribution in [0.2, 0.25) is 0 Å². The number of piperazine rings is 1. The third-order valence-electron chi connectivity index (χ3n) is 8.24. The molecule has 1 aromatic carbocycles. The van der Waals surface area contributed by atoms with E-state index in [-0.39, 0.29) is 29.7 Å².